The average molecular weight is 817 g/mol. The number of carbonyl (C=O) groups is 6. The van der Waals surface area contributed by atoms with Crippen LogP contribution in [0.4, 0.5) is 13.2 Å². The SMILES string of the molecule is CC(=O)OCC1O[C@@H](SC2O[C@H](COC(C)=O)C(OC(C)=O)C(N=[N+]=[N-])[C@H]2OC(C)=O)[C@@H](OC(C)=O)C(n2cc(-c3cc(F)c(F)c(F)c3)nn2)[C@H]1OC(C)=O. The molecular formula is C32H35F3N6O14S. The molecule has 20 nitrogen and oxygen atoms in total. The lowest BCUT2D eigenvalue weighted by Crippen LogP contribution is -2.62. The lowest BCUT2D eigenvalue weighted by Gasteiger charge is -2.48. The van der Waals surface area contributed by atoms with Crippen molar-refractivity contribution in [3.05, 3.63) is 46.2 Å². The highest BCUT2D eigenvalue weighted by Crippen LogP contribution is 2.44. The number of nitrogens with zero attached hydrogens (tertiary/aromatic N) is 6. The van der Waals surface area contributed by atoms with Crippen LogP contribution in [-0.2, 0) is 66.7 Å². The fourth-order valence-electron chi connectivity index (χ4n) is 5.87. The first kappa shape index (κ1) is 43.3. The quantitative estimate of drug-likeness (QED) is 0.0703. The summed E-state index contributed by atoms with van der Waals surface area (Å²) in [4.78, 5) is 76.3. The molecule has 2 aliphatic rings. The Balaban J connectivity index is 1.88. The topological polar surface area (TPSA) is 256 Å². The van der Waals surface area contributed by atoms with E-state index in [0.29, 0.717) is 23.9 Å². The van der Waals surface area contributed by atoms with Crippen LogP contribution >= 0.6 is 11.8 Å². The first-order valence-electron chi connectivity index (χ1n) is 16.4. The summed E-state index contributed by atoms with van der Waals surface area (Å²) in [6.45, 7) is 5.14. The predicted octanol–water partition coefficient (Wildman–Crippen LogP) is 2.62. The number of esters is 6. The van der Waals surface area contributed by atoms with Crippen molar-refractivity contribution in [3.63, 3.8) is 0 Å². The van der Waals surface area contributed by atoms with Gasteiger partial charge in [0.2, 0.25) is 0 Å². The van der Waals surface area contributed by atoms with Gasteiger partial charge in [0.1, 0.15) is 66.3 Å². The maximum absolute atomic E-state index is 14.2. The standard InChI is InChI=1S/C32H35F3N6O14S/c1-12(42)48-10-22-27(50-14(3)44)25(38-39-36)29(52-16(5)46)31(54-22)56-32-30(53-17(6)47)26(28(51-15(4)45)23(55-32)11-49-13(2)43)41-9-21(37-40-41)18-7-19(33)24(35)20(34)8-18/h7-9,22-23,25-32H,10-11H2,1-6H3/t22-,23?,25?,26?,27?,28+,29-,30+,31?,32+/m1/s1. The molecule has 0 saturated carbocycles. The van der Waals surface area contributed by atoms with Gasteiger partial charge in [-0.05, 0) is 17.7 Å². The number of carbonyl (C=O) groups excluding carboxylic acids is 6. The van der Waals surface area contributed by atoms with Gasteiger partial charge in [0.15, 0.2) is 29.7 Å². The second kappa shape index (κ2) is 18.9. The van der Waals surface area contributed by atoms with Gasteiger partial charge in [-0.3, -0.25) is 28.8 Å². The summed E-state index contributed by atoms with van der Waals surface area (Å²) in [6.07, 6.45) is -7.81. The molecule has 3 heterocycles. The summed E-state index contributed by atoms with van der Waals surface area (Å²) >= 11 is 0.650. The van der Waals surface area contributed by atoms with Crippen LogP contribution in [0.2, 0.25) is 0 Å². The predicted molar refractivity (Wildman–Crippen MR) is 178 cm³/mol. The number of halogens is 3. The van der Waals surface area contributed by atoms with E-state index < -0.39 is 126 Å². The van der Waals surface area contributed by atoms with E-state index in [1.54, 1.807) is 0 Å². The van der Waals surface area contributed by atoms with Gasteiger partial charge in [-0.15, -0.1) is 5.10 Å². The lowest BCUT2D eigenvalue weighted by atomic mass is 9.96. The van der Waals surface area contributed by atoms with E-state index in [2.05, 4.69) is 20.3 Å². The van der Waals surface area contributed by atoms with Gasteiger partial charge in [-0.1, -0.05) is 22.1 Å². The van der Waals surface area contributed by atoms with E-state index in [4.69, 9.17) is 37.9 Å². The zero-order valence-electron chi connectivity index (χ0n) is 30.4. The molecule has 0 spiro atoms. The van der Waals surface area contributed by atoms with Crippen molar-refractivity contribution >= 4 is 47.6 Å². The van der Waals surface area contributed by atoms with Gasteiger partial charge < -0.3 is 37.9 Å². The van der Waals surface area contributed by atoms with Gasteiger partial charge in [-0.25, -0.2) is 17.9 Å². The number of ether oxygens (including phenoxy) is 8. The molecule has 0 aliphatic carbocycles. The van der Waals surface area contributed by atoms with E-state index in [-0.39, 0.29) is 11.3 Å². The first-order chi connectivity index (χ1) is 26.4. The third-order valence-electron chi connectivity index (χ3n) is 7.89. The molecule has 304 valence electrons. The lowest BCUT2D eigenvalue weighted by molar-refractivity contribution is -0.214. The Bertz CT molecular complexity index is 1860. The van der Waals surface area contributed by atoms with E-state index in [1.807, 2.05) is 0 Å². The summed E-state index contributed by atoms with van der Waals surface area (Å²) < 4.78 is 88.1. The summed E-state index contributed by atoms with van der Waals surface area (Å²) in [5.41, 5.74) is 6.04. The minimum Gasteiger partial charge on any atom is -0.463 e. The van der Waals surface area contributed by atoms with Crippen LogP contribution < -0.4 is 0 Å². The van der Waals surface area contributed by atoms with E-state index in [1.165, 1.54) is 0 Å². The summed E-state index contributed by atoms with van der Waals surface area (Å²) in [5.74, 6) is -9.95. The van der Waals surface area contributed by atoms with Crippen molar-refractivity contribution in [3.8, 4) is 11.3 Å². The van der Waals surface area contributed by atoms with Crippen LogP contribution in [0, 0.1) is 17.5 Å². The molecule has 0 N–H and O–H groups in total. The third-order valence-corrected chi connectivity index (χ3v) is 9.19. The van der Waals surface area contributed by atoms with Crippen molar-refractivity contribution in [2.24, 2.45) is 5.11 Å². The first-order valence-corrected chi connectivity index (χ1v) is 17.4. The van der Waals surface area contributed by atoms with E-state index >= 15 is 0 Å². The number of rotatable bonds is 13. The van der Waals surface area contributed by atoms with Crippen LogP contribution in [0.3, 0.4) is 0 Å². The normalized spacial score (nSPS) is 27.2. The Kier molecular flexibility index (Phi) is 14.6. The minimum absolute atomic E-state index is 0.217. The second-order valence-corrected chi connectivity index (χ2v) is 13.3. The van der Waals surface area contributed by atoms with Crippen molar-refractivity contribution in [2.45, 2.75) is 101 Å². The molecule has 2 saturated heterocycles. The smallest absolute Gasteiger partial charge is 0.303 e. The summed E-state index contributed by atoms with van der Waals surface area (Å²) in [6, 6.07) is -1.68. The van der Waals surface area contributed by atoms with Crippen molar-refractivity contribution in [1.29, 1.82) is 0 Å². The Morgan fingerprint density at radius 2 is 1.21 bits per heavy atom. The number of aromatic nitrogens is 3. The molecule has 10 atom stereocenters. The van der Waals surface area contributed by atoms with Crippen LogP contribution in [0.5, 0.6) is 0 Å². The molecule has 2 aromatic rings. The highest BCUT2D eigenvalue weighted by Gasteiger charge is 2.56. The van der Waals surface area contributed by atoms with Gasteiger partial charge in [0, 0.05) is 52.0 Å². The van der Waals surface area contributed by atoms with Gasteiger partial charge in [0.05, 0.1) is 6.20 Å². The molecule has 0 amide bonds. The number of hydrogen-bond donors (Lipinski definition) is 0. The molecule has 24 heteroatoms. The molecule has 56 heavy (non-hydrogen) atoms. The zero-order valence-corrected chi connectivity index (χ0v) is 31.2. The minimum atomic E-state index is -1.74. The molecule has 4 rings (SSSR count). The Morgan fingerprint density at radius 1 is 0.750 bits per heavy atom. The maximum atomic E-state index is 14.2. The molecule has 1 aromatic heterocycles. The molecule has 0 radical (unpaired) electrons. The van der Waals surface area contributed by atoms with Crippen molar-refractivity contribution in [1.82, 2.24) is 15.0 Å². The van der Waals surface area contributed by atoms with Crippen LogP contribution in [-0.4, -0.2) is 118 Å². The van der Waals surface area contributed by atoms with Gasteiger partial charge >= 0.3 is 35.8 Å². The van der Waals surface area contributed by atoms with Crippen molar-refractivity contribution < 1.29 is 79.8 Å². The number of benzene rings is 1. The second-order valence-electron chi connectivity index (χ2n) is 12.1. The Labute approximate surface area is 319 Å². The molecule has 1 aromatic carbocycles. The van der Waals surface area contributed by atoms with Crippen LogP contribution in [0.1, 0.15) is 47.6 Å². The van der Waals surface area contributed by atoms with Crippen LogP contribution in [0.25, 0.3) is 21.7 Å². The van der Waals surface area contributed by atoms with Crippen molar-refractivity contribution in [2.75, 3.05) is 13.2 Å². The highest BCUT2D eigenvalue weighted by molar-refractivity contribution is 8.00. The fourth-order valence-corrected chi connectivity index (χ4v) is 7.29. The number of hydrogen-bond acceptors (Lipinski definition) is 18. The monoisotopic (exact) mass is 816 g/mol. The number of azide groups is 1. The fraction of sp³-hybridized carbons (Fsp3) is 0.562. The molecule has 5 unspecified atom stereocenters. The maximum Gasteiger partial charge on any atom is 0.303 e. The molecule has 2 aliphatic heterocycles. The van der Waals surface area contributed by atoms with E-state index in [9.17, 15) is 47.5 Å². The average Bonchev–Trinajstić information content (AvgIpc) is 3.58. The molecular weight excluding hydrogens is 781 g/mol. The Morgan fingerprint density at radius 3 is 1.71 bits per heavy atom. The third kappa shape index (κ3) is 10.9. The van der Waals surface area contributed by atoms with Gasteiger partial charge in [-0.2, -0.15) is 0 Å². The summed E-state index contributed by atoms with van der Waals surface area (Å²) in [7, 11) is 0. The Hall–Kier alpha value is -5.45. The van der Waals surface area contributed by atoms with Crippen LogP contribution in [0.15, 0.2) is 23.4 Å². The zero-order chi connectivity index (χ0) is 41.4. The number of thioether (sulfide) groups is 1. The summed E-state index contributed by atoms with van der Waals surface area (Å²) in [5, 5.41) is 11.7. The molecule has 0 bridgehead atoms. The van der Waals surface area contributed by atoms with E-state index in [0.717, 1.165) is 52.4 Å². The van der Waals surface area contributed by atoms with Gasteiger partial charge in [0.25, 0.3) is 0 Å². The largest absolute Gasteiger partial charge is 0.463 e. The molecule has 2 fully saturated rings. The highest BCUT2D eigenvalue weighted by atomic mass is 32.2.